The molecule has 0 aliphatic heterocycles. The van der Waals surface area contributed by atoms with E-state index in [4.69, 9.17) is 4.74 Å². The van der Waals surface area contributed by atoms with Gasteiger partial charge in [0, 0.05) is 17.1 Å². The van der Waals surface area contributed by atoms with E-state index in [2.05, 4.69) is 47.2 Å². The molecule has 1 N–H and O–H groups in total. The minimum Gasteiger partial charge on any atom is -0.380 e. The van der Waals surface area contributed by atoms with Crippen LogP contribution in [0.4, 0.5) is 0 Å². The molecule has 2 nitrogen and oxygen atoms in total. The highest BCUT2D eigenvalue weighted by molar-refractivity contribution is 9.10. The third-order valence-corrected chi connectivity index (χ3v) is 4.24. The molecule has 2 rings (SSSR count). The molecule has 0 saturated heterocycles. The Labute approximate surface area is 118 Å². The van der Waals surface area contributed by atoms with E-state index in [0.29, 0.717) is 0 Å². The number of rotatable bonds is 7. The van der Waals surface area contributed by atoms with Crippen LogP contribution >= 0.6 is 15.9 Å². The highest BCUT2D eigenvalue weighted by atomic mass is 79.9. The van der Waals surface area contributed by atoms with Crippen molar-refractivity contribution in [1.29, 1.82) is 0 Å². The molecule has 0 spiro atoms. The average molecular weight is 312 g/mol. The second-order valence-electron chi connectivity index (χ2n) is 5.12. The van der Waals surface area contributed by atoms with Crippen molar-refractivity contribution < 1.29 is 4.74 Å². The summed E-state index contributed by atoms with van der Waals surface area (Å²) in [6, 6.07) is 5.23. The van der Waals surface area contributed by atoms with Gasteiger partial charge in [0.2, 0.25) is 0 Å². The number of ether oxygens (including phenoxy) is 1. The molecule has 1 fully saturated rings. The summed E-state index contributed by atoms with van der Waals surface area (Å²) in [7, 11) is 0. The molecule has 0 bridgehead atoms. The molecule has 0 radical (unpaired) electrons. The van der Waals surface area contributed by atoms with E-state index in [1.807, 2.05) is 0 Å². The second kappa shape index (κ2) is 6.69. The molecular weight excluding hydrogens is 290 g/mol. The first-order valence-electron chi connectivity index (χ1n) is 6.73. The maximum absolute atomic E-state index is 5.67. The van der Waals surface area contributed by atoms with Crippen LogP contribution in [0, 0.1) is 13.8 Å². The van der Waals surface area contributed by atoms with Gasteiger partial charge in [-0.25, -0.2) is 0 Å². The van der Waals surface area contributed by atoms with Crippen LogP contribution in [-0.2, 0) is 11.2 Å². The summed E-state index contributed by atoms with van der Waals surface area (Å²) in [4.78, 5) is 0. The van der Waals surface area contributed by atoms with E-state index < -0.39 is 0 Å². The first kappa shape index (κ1) is 14.0. The molecule has 1 saturated carbocycles. The molecule has 0 atom stereocenters. The van der Waals surface area contributed by atoms with Crippen LogP contribution in [0.3, 0.4) is 0 Å². The monoisotopic (exact) mass is 311 g/mol. The molecule has 1 aromatic rings. The summed E-state index contributed by atoms with van der Waals surface area (Å²) in [5.41, 5.74) is 4.03. The summed E-state index contributed by atoms with van der Waals surface area (Å²) >= 11 is 3.56. The number of hydrogen-bond donors (Lipinski definition) is 1. The fraction of sp³-hybridized carbons (Fsp3) is 0.600. The van der Waals surface area contributed by atoms with Gasteiger partial charge < -0.3 is 10.1 Å². The molecule has 0 aromatic heterocycles. The average Bonchev–Trinajstić information content (AvgIpc) is 3.13. The molecule has 18 heavy (non-hydrogen) atoms. The lowest BCUT2D eigenvalue weighted by molar-refractivity contribution is 0.138. The van der Waals surface area contributed by atoms with Crippen molar-refractivity contribution in [2.75, 3.05) is 19.8 Å². The molecule has 3 heteroatoms. The van der Waals surface area contributed by atoms with Crippen LogP contribution in [0.1, 0.15) is 29.5 Å². The predicted octanol–water partition coefficient (Wildman–Crippen LogP) is 3.38. The molecule has 1 aliphatic carbocycles. The van der Waals surface area contributed by atoms with Gasteiger partial charge in [0.1, 0.15) is 0 Å². The zero-order chi connectivity index (χ0) is 13.0. The number of nitrogens with one attached hydrogen (secondary N) is 1. The van der Waals surface area contributed by atoms with Crippen LogP contribution in [0.15, 0.2) is 16.6 Å². The van der Waals surface area contributed by atoms with Crippen LogP contribution in [0.25, 0.3) is 0 Å². The number of aryl methyl sites for hydroxylation is 2. The van der Waals surface area contributed by atoms with Gasteiger partial charge in [-0.2, -0.15) is 0 Å². The van der Waals surface area contributed by atoms with Crippen LogP contribution in [0.5, 0.6) is 0 Å². The summed E-state index contributed by atoms with van der Waals surface area (Å²) in [6.07, 6.45) is 3.69. The van der Waals surface area contributed by atoms with Crippen molar-refractivity contribution in [2.45, 2.75) is 39.2 Å². The first-order chi connectivity index (χ1) is 8.66. The minimum atomic E-state index is 0.782. The zero-order valence-electron chi connectivity index (χ0n) is 11.3. The third-order valence-electron chi connectivity index (χ3n) is 3.39. The van der Waals surface area contributed by atoms with Crippen molar-refractivity contribution in [2.24, 2.45) is 0 Å². The quantitative estimate of drug-likeness (QED) is 0.779. The Morgan fingerprint density at radius 1 is 1.22 bits per heavy atom. The van der Waals surface area contributed by atoms with E-state index in [9.17, 15) is 0 Å². The molecule has 0 heterocycles. The Hall–Kier alpha value is -0.380. The Bertz CT molecular complexity index is 402. The summed E-state index contributed by atoms with van der Waals surface area (Å²) in [5.74, 6) is 0. The van der Waals surface area contributed by atoms with Gasteiger partial charge in [0.25, 0.3) is 0 Å². The largest absolute Gasteiger partial charge is 0.380 e. The van der Waals surface area contributed by atoms with E-state index in [0.717, 1.165) is 32.2 Å². The van der Waals surface area contributed by atoms with Crippen LogP contribution < -0.4 is 5.32 Å². The molecule has 1 aromatic carbocycles. The van der Waals surface area contributed by atoms with Crippen LogP contribution in [0.2, 0.25) is 0 Å². The molecule has 0 unspecified atom stereocenters. The van der Waals surface area contributed by atoms with Gasteiger partial charge in [-0.05, 0) is 55.9 Å². The number of halogens is 1. The maximum atomic E-state index is 5.67. The highest BCUT2D eigenvalue weighted by Gasteiger charge is 2.19. The van der Waals surface area contributed by atoms with Crippen molar-refractivity contribution >= 4 is 15.9 Å². The lowest BCUT2D eigenvalue weighted by Gasteiger charge is -2.10. The van der Waals surface area contributed by atoms with Gasteiger partial charge in [0.15, 0.2) is 0 Å². The van der Waals surface area contributed by atoms with Gasteiger partial charge in [-0.3, -0.25) is 0 Å². The van der Waals surface area contributed by atoms with Gasteiger partial charge >= 0.3 is 0 Å². The SMILES string of the molecule is Cc1cc(CCOCCNC2CC2)c(C)cc1Br. The Morgan fingerprint density at radius 2 is 2.00 bits per heavy atom. The van der Waals surface area contributed by atoms with Crippen molar-refractivity contribution in [1.82, 2.24) is 5.32 Å². The minimum absolute atomic E-state index is 0.782. The van der Waals surface area contributed by atoms with Crippen LogP contribution in [-0.4, -0.2) is 25.8 Å². The molecule has 100 valence electrons. The molecular formula is C15H22BrNO. The smallest absolute Gasteiger partial charge is 0.0591 e. The van der Waals surface area contributed by atoms with Crippen molar-refractivity contribution in [3.05, 3.63) is 33.3 Å². The Kier molecular flexibility index (Phi) is 5.22. The lowest BCUT2D eigenvalue weighted by Crippen LogP contribution is -2.22. The number of hydrogen-bond acceptors (Lipinski definition) is 2. The zero-order valence-corrected chi connectivity index (χ0v) is 12.8. The number of benzene rings is 1. The molecule has 1 aliphatic rings. The normalized spacial score (nSPS) is 15.1. The summed E-state index contributed by atoms with van der Waals surface area (Å²) < 4.78 is 6.86. The summed E-state index contributed by atoms with van der Waals surface area (Å²) in [5, 5.41) is 3.45. The fourth-order valence-electron chi connectivity index (χ4n) is 2.02. The van der Waals surface area contributed by atoms with E-state index in [1.165, 1.54) is 34.0 Å². The van der Waals surface area contributed by atoms with Crippen molar-refractivity contribution in [3.63, 3.8) is 0 Å². The third kappa shape index (κ3) is 4.38. The molecule has 0 amide bonds. The van der Waals surface area contributed by atoms with Gasteiger partial charge in [-0.1, -0.05) is 22.0 Å². The highest BCUT2D eigenvalue weighted by Crippen LogP contribution is 2.21. The van der Waals surface area contributed by atoms with Gasteiger partial charge in [0.05, 0.1) is 13.2 Å². The topological polar surface area (TPSA) is 21.3 Å². The lowest BCUT2D eigenvalue weighted by atomic mass is 10.0. The summed E-state index contributed by atoms with van der Waals surface area (Å²) in [6.45, 7) is 6.92. The maximum Gasteiger partial charge on any atom is 0.0591 e. The van der Waals surface area contributed by atoms with E-state index in [-0.39, 0.29) is 0 Å². The van der Waals surface area contributed by atoms with E-state index in [1.54, 1.807) is 0 Å². The standard InChI is InChI=1S/C15H22BrNO/c1-11-10-15(16)12(2)9-13(11)5-7-18-8-6-17-14-3-4-14/h9-10,14,17H,3-8H2,1-2H3. The predicted molar refractivity (Wildman–Crippen MR) is 79.2 cm³/mol. The first-order valence-corrected chi connectivity index (χ1v) is 7.53. The van der Waals surface area contributed by atoms with Crippen molar-refractivity contribution in [3.8, 4) is 0 Å². The Morgan fingerprint density at radius 3 is 2.72 bits per heavy atom. The van der Waals surface area contributed by atoms with Gasteiger partial charge in [-0.15, -0.1) is 0 Å². The second-order valence-corrected chi connectivity index (χ2v) is 5.97. The van der Waals surface area contributed by atoms with E-state index >= 15 is 0 Å². The Balaban J connectivity index is 1.67. The fourth-order valence-corrected chi connectivity index (χ4v) is 2.47.